The third kappa shape index (κ3) is 3.93. The maximum Gasteiger partial charge on any atom is 0.416 e. The summed E-state index contributed by atoms with van der Waals surface area (Å²) in [4.78, 5) is 54.0. The quantitative estimate of drug-likeness (QED) is 0.188. The number of nitrogens with zero attached hydrogens (tertiary/aromatic N) is 2. The van der Waals surface area contributed by atoms with Crippen LogP contribution in [-0.2, 0) is 12.4 Å². The van der Waals surface area contributed by atoms with E-state index in [0.29, 0.717) is 31.7 Å². The largest absolute Gasteiger partial charge is 0.416 e. The Kier molecular flexibility index (Phi) is 5.58. The molecule has 14 heteroatoms. The average Bonchev–Trinajstić information content (AvgIpc) is 3.62. The average molecular weight is 592 g/mol. The molecule has 6 nitrogen and oxygen atoms in total. The summed E-state index contributed by atoms with van der Waals surface area (Å²) in [6, 6.07) is 10.3. The fourth-order valence-electron chi connectivity index (χ4n) is 4.40. The van der Waals surface area contributed by atoms with Crippen LogP contribution >= 0.6 is 22.7 Å². The number of hydrogen-bond donors (Lipinski definition) is 0. The van der Waals surface area contributed by atoms with Crippen molar-refractivity contribution in [1.82, 2.24) is 0 Å². The van der Waals surface area contributed by atoms with Crippen molar-refractivity contribution in [1.29, 1.82) is 0 Å². The molecule has 0 unspecified atom stereocenters. The van der Waals surface area contributed by atoms with Crippen LogP contribution in [0.15, 0.2) is 60.7 Å². The van der Waals surface area contributed by atoms with Crippen molar-refractivity contribution in [2.45, 2.75) is 12.4 Å². The monoisotopic (exact) mass is 592 g/mol. The summed E-state index contributed by atoms with van der Waals surface area (Å²) in [6.07, 6.45) is -9.35. The van der Waals surface area contributed by atoms with E-state index in [4.69, 9.17) is 0 Å². The SMILES string of the molecule is O=C1c2cc(-c3cc4c(s3)C(=O)N(c3cccc(C(F)(F)F)c3)C4=O)sc2C(=O)N1c1cccc(C(F)(F)F)c1. The second kappa shape index (κ2) is 8.60. The van der Waals surface area contributed by atoms with Crippen LogP contribution in [0.25, 0.3) is 9.75 Å². The summed E-state index contributed by atoms with van der Waals surface area (Å²) in [5.74, 6) is -3.28. The molecule has 6 rings (SSSR count). The molecule has 4 heterocycles. The van der Waals surface area contributed by atoms with Gasteiger partial charge in [0.05, 0.1) is 33.6 Å². The summed E-state index contributed by atoms with van der Waals surface area (Å²) in [5, 5.41) is 0. The number of amides is 4. The van der Waals surface area contributed by atoms with E-state index in [0.717, 1.165) is 46.9 Å². The predicted octanol–water partition coefficient (Wildman–Crippen LogP) is 7.12. The highest BCUT2D eigenvalue weighted by Crippen LogP contribution is 2.45. The van der Waals surface area contributed by atoms with Crippen molar-refractivity contribution in [2.75, 3.05) is 9.80 Å². The van der Waals surface area contributed by atoms with Crippen LogP contribution in [0.4, 0.5) is 37.7 Å². The highest BCUT2D eigenvalue weighted by Gasteiger charge is 2.43. The first-order chi connectivity index (χ1) is 18.8. The maximum absolute atomic E-state index is 13.1. The summed E-state index contributed by atoms with van der Waals surface area (Å²) in [5.41, 5.74) is -2.61. The predicted molar refractivity (Wildman–Crippen MR) is 133 cm³/mol. The van der Waals surface area contributed by atoms with Crippen molar-refractivity contribution in [3.63, 3.8) is 0 Å². The number of anilines is 2. The lowest BCUT2D eigenvalue weighted by Gasteiger charge is -2.16. The third-order valence-corrected chi connectivity index (χ3v) is 8.67. The van der Waals surface area contributed by atoms with Crippen LogP contribution < -0.4 is 9.80 Å². The molecule has 0 aliphatic carbocycles. The number of hydrogen-bond acceptors (Lipinski definition) is 6. The van der Waals surface area contributed by atoms with E-state index in [1.165, 1.54) is 24.3 Å². The van der Waals surface area contributed by atoms with Crippen molar-refractivity contribution < 1.29 is 45.5 Å². The topological polar surface area (TPSA) is 74.8 Å². The summed E-state index contributed by atoms with van der Waals surface area (Å²) in [7, 11) is 0. The molecule has 2 aliphatic rings. The van der Waals surface area contributed by atoms with Crippen LogP contribution in [0.1, 0.15) is 51.2 Å². The highest BCUT2D eigenvalue weighted by molar-refractivity contribution is 7.24. The van der Waals surface area contributed by atoms with Gasteiger partial charge in [-0.3, -0.25) is 19.2 Å². The smallest absolute Gasteiger partial charge is 0.268 e. The van der Waals surface area contributed by atoms with Crippen LogP contribution in [0.5, 0.6) is 0 Å². The first kappa shape index (κ1) is 26.0. The number of fused-ring (bicyclic) bond motifs is 2. The van der Waals surface area contributed by atoms with Crippen LogP contribution in [0.3, 0.4) is 0 Å². The van der Waals surface area contributed by atoms with E-state index < -0.39 is 47.1 Å². The Morgan fingerprint density at radius 1 is 0.525 bits per heavy atom. The van der Waals surface area contributed by atoms with E-state index in [-0.39, 0.29) is 32.3 Å². The second-order valence-corrected chi connectivity index (χ2v) is 10.8. The van der Waals surface area contributed by atoms with E-state index in [9.17, 15) is 45.5 Å². The fraction of sp³-hybridized carbons (Fsp3) is 0.0769. The second-order valence-electron chi connectivity index (χ2n) is 8.69. The zero-order valence-corrected chi connectivity index (χ0v) is 21.0. The van der Waals surface area contributed by atoms with Gasteiger partial charge in [0.1, 0.15) is 9.75 Å². The van der Waals surface area contributed by atoms with Gasteiger partial charge in [-0.05, 0) is 48.5 Å². The molecule has 0 saturated heterocycles. The molecule has 0 spiro atoms. The molecule has 0 fully saturated rings. The molecule has 0 bridgehead atoms. The van der Waals surface area contributed by atoms with Gasteiger partial charge in [0, 0.05) is 9.75 Å². The Morgan fingerprint density at radius 3 is 1.23 bits per heavy atom. The van der Waals surface area contributed by atoms with Gasteiger partial charge < -0.3 is 0 Å². The van der Waals surface area contributed by atoms with E-state index >= 15 is 0 Å². The van der Waals surface area contributed by atoms with Gasteiger partial charge in [-0.25, -0.2) is 9.80 Å². The molecule has 0 radical (unpaired) electrons. The van der Waals surface area contributed by atoms with Gasteiger partial charge in [-0.15, -0.1) is 22.7 Å². The number of benzene rings is 2. The number of halogens is 6. The third-order valence-electron chi connectivity index (χ3n) is 6.23. The van der Waals surface area contributed by atoms with E-state index in [1.807, 2.05) is 0 Å². The molecule has 0 saturated carbocycles. The van der Waals surface area contributed by atoms with Gasteiger partial charge in [0.2, 0.25) is 0 Å². The van der Waals surface area contributed by atoms with Crippen molar-refractivity contribution >= 4 is 57.7 Å². The number of imide groups is 2. The summed E-state index contributed by atoms with van der Waals surface area (Å²) < 4.78 is 78.7. The minimum Gasteiger partial charge on any atom is -0.268 e. The lowest BCUT2D eigenvalue weighted by molar-refractivity contribution is -0.138. The van der Waals surface area contributed by atoms with Gasteiger partial charge >= 0.3 is 12.4 Å². The first-order valence-electron chi connectivity index (χ1n) is 11.2. The lowest BCUT2D eigenvalue weighted by Crippen LogP contribution is -2.29. The highest BCUT2D eigenvalue weighted by atomic mass is 32.1. The van der Waals surface area contributed by atoms with Crippen molar-refractivity contribution in [3.05, 3.63) is 92.7 Å². The van der Waals surface area contributed by atoms with Gasteiger partial charge in [0.15, 0.2) is 0 Å². The lowest BCUT2D eigenvalue weighted by atomic mass is 10.2. The van der Waals surface area contributed by atoms with Crippen LogP contribution in [-0.4, -0.2) is 23.6 Å². The first-order valence-corrected chi connectivity index (χ1v) is 12.8. The number of carbonyl (C=O) groups is 4. The Hall–Kier alpha value is -4.30. The normalized spacial score (nSPS) is 15.3. The summed E-state index contributed by atoms with van der Waals surface area (Å²) >= 11 is 1.74. The minimum absolute atomic E-state index is 0.0192. The number of thiophene rings is 2. The molecule has 202 valence electrons. The van der Waals surface area contributed by atoms with Crippen LogP contribution in [0, 0.1) is 0 Å². The zero-order valence-electron chi connectivity index (χ0n) is 19.4. The van der Waals surface area contributed by atoms with Crippen molar-refractivity contribution in [2.24, 2.45) is 0 Å². The minimum atomic E-state index is -4.68. The van der Waals surface area contributed by atoms with Crippen molar-refractivity contribution in [3.8, 4) is 9.75 Å². The molecule has 4 aromatic rings. The number of carbonyl (C=O) groups excluding carboxylic acids is 4. The molecule has 2 aliphatic heterocycles. The molecule has 0 N–H and O–H groups in total. The Morgan fingerprint density at radius 2 is 0.900 bits per heavy atom. The molecular weight excluding hydrogens is 582 g/mol. The molecule has 2 aromatic heterocycles. The van der Waals surface area contributed by atoms with Crippen LogP contribution in [0.2, 0.25) is 0 Å². The Labute approximate surface area is 227 Å². The molecule has 2 aromatic carbocycles. The summed E-state index contributed by atoms with van der Waals surface area (Å²) in [6.45, 7) is 0. The fourth-order valence-corrected chi connectivity index (χ4v) is 6.63. The van der Waals surface area contributed by atoms with E-state index in [2.05, 4.69) is 0 Å². The zero-order chi connectivity index (χ0) is 28.7. The number of rotatable bonds is 3. The van der Waals surface area contributed by atoms with Gasteiger partial charge in [-0.2, -0.15) is 26.3 Å². The van der Waals surface area contributed by atoms with E-state index in [1.54, 1.807) is 0 Å². The van der Waals surface area contributed by atoms with Gasteiger partial charge in [-0.1, -0.05) is 12.1 Å². The Bertz CT molecular complexity index is 1590. The standard InChI is InChI=1S/C26H10F6N2O4S2/c27-25(28,29)11-3-1-5-13(7-11)33-21(35)15-9-17(39-19(15)23(33)37)18-10-16-20(40-18)24(38)34(22(16)36)14-6-2-4-12(8-14)26(30,31)32/h1-10H. The molecular formula is C26H10F6N2O4S2. The molecule has 0 atom stereocenters. The van der Waals surface area contributed by atoms with Gasteiger partial charge in [0.25, 0.3) is 23.6 Å². The molecule has 4 amide bonds. The molecule has 40 heavy (non-hydrogen) atoms. The Balaban J connectivity index is 1.29. The number of alkyl halides is 6. The maximum atomic E-state index is 13.1.